The molecule has 0 radical (unpaired) electrons. The Kier molecular flexibility index (Phi) is 7.39. The largest absolute Gasteiger partial charge is 0.350 e. The van der Waals surface area contributed by atoms with Crippen LogP contribution in [0.25, 0.3) is 0 Å². The maximum absolute atomic E-state index is 12.6. The number of carbonyl (C=O) groups is 2. The molecule has 0 heterocycles. The summed E-state index contributed by atoms with van der Waals surface area (Å²) in [4.78, 5) is 26.8. The van der Waals surface area contributed by atoms with Gasteiger partial charge in [-0.15, -0.1) is 0 Å². The summed E-state index contributed by atoms with van der Waals surface area (Å²) in [5.74, 6) is -0.125. The Hall–Kier alpha value is -2.62. The van der Waals surface area contributed by atoms with E-state index in [0.29, 0.717) is 19.5 Å². The number of hydrogen-bond donors (Lipinski definition) is 1. The van der Waals surface area contributed by atoms with Crippen LogP contribution < -0.4 is 5.32 Å². The van der Waals surface area contributed by atoms with Crippen molar-refractivity contribution in [3.8, 4) is 0 Å². The van der Waals surface area contributed by atoms with Crippen molar-refractivity contribution in [3.05, 3.63) is 71.3 Å². The molecule has 2 aromatic carbocycles. The maximum atomic E-state index is 12.6. The summed E-state index contributed by atoms with van der Waals surface area (Å²) < 4.78 is 0. The van der Waals surface area contributed by atoms with Gasteiger partial charge in [-0.2, -0.15) is 0 Å². The second kappa shape index (κ2) is 9.76. The molecular weight excluding hydrogens is 324 g/mol. The molecule has 1 atom stereocenters. The molecule has 0 saturated carbocycles. The topological polar surface area (TPSA) is 49.4 Å². The van der Waals surface area contributed by atoms with Gasteiger partial charge >= 0.3 is 0 Å². The number of nitrogens with one attached hydrogen (secondary N) is 1. The maximum Gasteiger partial charge on any atom is 0.242 e. The van der Waals surface area contributed by atoms with Gasteiger partial charge in [-0.3, -0.25) is 9.59 Å². The fourth-order valence-electron chi connectivity index (χ4n) is 2.76. The molecular formula is C22H28N2O2. The summed E-state index contributed by atoms with van der Waals surface area (Å²) >= 11 is 0. The lowest BCUT2D eigenvalue weighted by molar-refractivity contribution is -0.140. The van der Waals surface area contributed by atoms with E-state index in [1.807, 2.05) is 68.4 Å². The van der Waals surface area contributed by atoms with Gasteiger partial charge in [0.1, 0.15) is 6.04 Å². The molecule has 26 heavy (non-hydrogen) atoms. The van der Waals surface area contributed by atoms with Gasteiger partial charge in [0.15, 0.2) is 0 Å². The predicted molar refractivity (Wildman–Crippen MR) is 104 cm³/mol. The fourth-order valence-corrected chi connectivity index (χ4v) is 2.76. The average molecular weight is 352 g/mol. The molecule has 0 bridgehead atoms. The number of hydrogen-bond acceptors (Lipinski definition) is 2. The van der Waals surface area contributed by atoms with E-state index in [4.69, 9.17) is 0 Å². The molecule has 4 nitrogen and oxygen atoms in total. The van der Waals surface area contributed by atoms with Crippen LogP contribution in [0.4, 0.5) is 0 Å². The zero-order valence-electron chi connectivity index (χ0n) is 15.9. The van der Waals surface area contributed by atoms with Gasteiger partial charge in [0.25, 0.3) is 0 Å². The van der Waals surface area contributed by atoms with Crippen molar-refractivity contribution in [2.24, 2.45) is 0 Å². The van der Waals surface area contributed by atoms with Crippen LogP contribution in [0.3, 0.4) is 0 Å². The second-order valence-corrected chi connectivity index (χ2v) is 6.64. The Bertz CT molecular complexity index is 711. The van der Waals surface area contributed by atoms with E-state index in [1.54, 1.807) is 11.8 Å². The first-order valence-corrected chi connectivity index (χ1v) is 9.18. The van der Waals surface area contributed by atoms with Crippen LogP contribution in [0.2, 0.25) is 0 Å². The third-order valence-electron chi connectivity index (χ3n) is 4.41. The van der Waals surface area contributed by atoms with Crippen molar-refractivity contribution in [2.75, 3.05) is 0 Å². The lowest BCUT2D eigenvalue weighted by atomic mass is 10.1. The number of nitrogens with zero attached hydrogens (tertiary/aromatic N) is 1. The summed E-state index contributed by atoms with van der Waals surface area (Å²) in [6.45, 7) is 6.70. The molecule has 0 aliphatic rings. The second-order valence-electron chi connectivity index (χ2n) is 6.64. The Balaban J connectivity index is 2.03. The summed E-state index contributed by atoms with van der Waals surface area (Å²) in [6.07, 6.45) is 1.21. The van der Waals surface area contributed by atoms with Crippen molar-refractivity contribution in [2.45, 2.75) is 52.7 Å². The normalized spacial score (nSPS) is 11.7. The van der Waals surface area contributed by atoms with E-state index in [0.717, 1.165) is 17.5 Å². The third kappa shape index (κ3) is 5.73. The van der Waals surface area contributed by atoms with Crippen LogP contribution in [0, 0.1) is 6.92 Å². The van der Waals surface area contributed by atoms with E-state index in [9.17, 15) is 9.59 Å². The van der Waals surface area contributed by atoms with Crippen LogP contribution in [0.1, 0.15) is 43.4 Å². The molecule has 0 unspecified atom stereocenters. The van der Waals surface area contributed by atoms with Gasteiger partial charge in [0, 0.05) is 19.5 Å². The SMILES string of the molecule is CCCC(=O)N(Cc1ccccc1)[C@H](C)C(=O)NCc1ccc(C)cc1. The minimum absolute atomic E-state index is 0.00865. The minimum Gasteiger partial charge on any atom is -0.350 e. The molecule has 4 heteroatoms. The van der Waals surface area contributed by atoms with Crippen molar-refractivity contribution in [3.63, 3.8) is 0 Å². The molecule has 0 fully saturated rings. The highest BCUT2D eigenvalue weighted by Gasteiger charge is 2.25. The number of amides is 2. The van der Waals surface area contributed by atoms with Crippen molar-refractivity contribution < 1.29 is 9.59 Å². The quantitative estimate of drug-likeness (QED) is 0.785. The van der Waals surface area contributed by atoms with Crippen molar-refractivity contribution in [1.82, 2.24) is 10.2 Å². The molecule has 0 saturated heterocycles. The monoisotopic (exact) mass is 352 g/mol. The van der Waals surface area contributed by atoms with Crippen molar-refractivity contribution >= 4 is 11.8 Å². The van der Waals surface area contributed by atoms with Crippen LogP contribution in [0.5, 0.6) is 0 Å². The van der Waals surface area contributed by atoms with Gasteiger partial charge in [0.05, 0.1) is 0 Å². The van der Waals surface area contributed by atoms with E-state index in [-0.39, 0.29) is 11.8 Å². The average Bonchev–Trinajstić information content (AvgIpc) is 2.66. The van der Waals surface area contributed by atoms with Gasteiger partial charge in [-0.05, 0) is 31.4 Å². The molecule has 2 rings (SSSR count). The van der Waals surface area contributed by atoms with Gasteiger partial charge in [-0.1, -0.05) is 67.1 Å². The van der Waals surface area contributed by atoms with Gasteiger partial charge in [-0.25, -0.2) is 0 Å². The third-order valence-corrected chi connectivity index (χ3v) is 4.41. The highest BCUT2D eigenvalue weighted by atomic mass is 16.2. The molecule has 0 aliphatic heterocycles. The lowest BCUT2D eigenvalue weighted by Gasteiger charge is -2.28. The summed E-state index contributed by atoms with van der Waals surface area (Å²) in [5.41, 5.74) is 3.26. The van der Waals surface area contributed by atoms with Crippen LogP contribution >= 0.6 is 0 Å². The Morgan fingerprint density at radius 1 is 1.00 bits per heavy atom. The number of rotatable bonds is 8. The minimum atomic E-state index is -0.514. The van der Waals surface area contributed by atoms with E-state index in [1.165, 1.54) is 5.56 Å². The standard InChI is InChI=1S/C22H28N2O2/c1-4-8-21(25)24(16-20-9-6-5-7-10-20)18(3)22(26)23-15-19-13-11-17(2)12-14-19/h5-7,9-14,18H,4,8,15-16H2,1-3H3,(H,23,26)/t18-/m1/s1. The number of benzene rings is 2. The summed E-state index contributed by atoms with van der Waals surface area (Å²) in [5, 5.41) is 2.95. The van der Waals surface area contributed by atoms with Crippen molar-refractivity contribution in [1.29, 1.82) is 0 Å². The van der Waals surface area contributed by atoms with Gasteiger partial charge < -0.3 is 10.2 Å². The Labute approximate surface area is 156 Å². The van der Waals surface area contributed by atoms with E-state index >= 15 is 0 Å². The van der Waals surface area contributed by atoms with Crippen LogP contribution in [-0.2, 0) is 22.7 Å². The first-order chi connectivity index (χ1) is 12.5. The zero-order chi connectivity index (χ0) is 18.9. The fraction of sp³-hybridized carbons (Fsp3) is 0.364. The molecule has 2 aromatic rings. The molecule has 2 amide bonds. The molecule has 0 spiro atoms. The smallest absolute Gasteiger partial charge is 0.242 e. The first kappa shape index (κ1) is 19.7. The highest BCUT2D eigenvalue weighted by molar-refractivity contribution is 5.87. The van der Waals surface area contributed by atoms with E-state index < -0.39 is 6.04 Å². The highest BCUT2D eigenvalue weighted by Crippen LogP contribution is 2.12. The predicted octanol–water partition coefficient (Wildman–Crippen LogP) is 3.83. The summed E-state index contributed by atoms with van der Waals surface area (Å²) in [6, 6.07) is 17.3. The zero-order valence-corrected chi connectivity index (χ0v) is 15.9. The lowest BCUT2D eigenvalue weighted by Crippen LogP contribution is -2.47. The Morgan fingerprint density at radius 2 is 1.65 bits per heavy atom. The molecule has 138 valence electrons. The Morgan fingerprint density at radius 3 is 2.27 bits per heavy atom. The number of carbonyl (C=O) groups excluding carboxylic acids is 2. The first-order valence-electron chi connectivity index (χ1n) is 9.18. The van der Waals surface area contributed by atoms with Crippen LogP contribution in [-0.4, -0.2) is 22.8 Å². The summed E-state index contributed by atoms with van der Waals surface area (Å²) in [7, 11) is 0. The van der Waals surface area contributed by atoms with Gasteiger partial charge in [0.2, 0.25) is 11.8 Å². The molecule has 1 N–H and O–H groups in total. The number of aryl methyl sites for hydroxylation is 1. The van der Waals surface area contributed by atoms with Crippen LogP contribution in [0.15, 0.2) is 54.6 Å². The molecule has 0 aromatic heterocycles. The molecule has 0 aliphatic carbocycles. The van der Waals surface area contributed by atoms with E-state index in [2.05, 4.69) is 5.32 Å².